The zero-order valence-corrected chi connectivity index (χ0v) is 12.3. The van der Waals surface area contributed by atoms with Crippen LogP contribution < -0.4 is 11.1 Å². The van der Waals surface area contributed by atoms with E-state index in [0.717, 1.165) is 5.56 Å². The Morgan fingerprint density at radius 2 is 1.95 bits per heavy atom. The van der Waals surface area contributed by atoms with E-state index < -0.39 is 16.7 Å². The summed E-state index contributed by atoms with van der Waals surface area (Å²) in [4.78, 5) is 20.0. The molecule has 2 rings (SSSR count). The van der Waals surface area contributed by atoms with E-state index in [0.29, 0.717) is 5.75 Å². The van der Waals surface area contributed by atoms with Crippen LogP contribution in [0.5, 0.6) is 0 Å². The summed E-state index contributed by atoms with van der Waals surface area (Å²) in [5, 5.41) is 2.81. The highest BCUT2D eigenvalue weighted by molar-refractivity contribution is 7.84. The quantitative estimate of drug-likeness (QED) is 0.855. The third kappa shape index (κ3) is 4.09. The lowest BCUT2D eigenvalue weighted by Gasteiger charge is -2.18. The largest absolute Gasteiger partial charge is 0.382 e. The van der Waals surface area contributed by atoms with Crippen molar-refractivity contribution in [3.63, 3.8) is 0 Å². The lowest BCUT2D eigenvalue weighted by Crippen LogP contribution is -2.33. The first-order chi connectivity index (χ1) is 10.1. The van der Waals surface area contributed by atoms with Gasteiger partial charge in [-0.15, -0.1) is 0 Å². The zero-order valence-electron chi connectivity index (χ0n) is 11.5. The molecule has 0 spiro atoms. The molecule has 0 aliphatic rings. The molecule has 3 N–H and O–H groups in total. The number of nitrogens with zero attached hydrogens (tertiary/aromatic N) is 2. The topological polar surface area (TPSA) is 98.0 Å². The molecule has 6 nitrogen and oxygen atoms in total. The van der Waals surface area contributed by atoms with Crippen LogP contribution in [0.15, 0.2) is 42.7 Å². The van der Waals surface area contributed by atoms with Gasteiger partial charge in [0.1, 0.15) is 0 Å². The molecule has 110 valence electrons. The number of aromatic nitrogens is 2. The van der Waals surface area contributed by atoms with Crippen molar-refractivity contribution in [2.45, 2.75) is 6.04 Å². The van der Waals surface area contributed by atoms with Gasteiger partial charge in [-0.3, -0.25) is 9.00 Å². The average molecular weight is 304 g/mol. The maximum atomic E-state index is 12.2. The standard InChI is InChI=1S/C14H16N4O2S/c1-21(20)9-11(10-5-3-2-4-6-10)18-14(19)12-13(15)17-8-7-16-12/h2-8,11H,9H2,1H3,(H2,15,17)(H,18,19)/t11-,21+/m1/s1. The lowest BCUT2D eigenvalue weighted by molar-refractivity contribution is 0.0936. The third-order valence-electron chi connectivity index (χ3n) is 2.85. The van der Waals surface area contributed by atoms with E-state index in [1.807, 2.05) is 30.3 Å². The number of nitrogens with two attached hydrogens (primary N) is 1. The lowest BCUT2D eigenvalue weighted by atomic mass is 10.1. The molecule has 0 radical (unpaired) electrons. The molecular formula is C14H16N4O2S. The van der Waals surface area contributed by atoms with Crippen LogP contribution >= 0.6 is 0 Å². The fourth-order valence-corrected chi connectivity index (χ4v) is 2.64. The first kappa shape index (κ1) is 15.1. The second kappa shape index (κ2) is 6.94. The number of hydrogen-bond acceptors (Lipinski definition) is 5. The molecule has 0 fully saturated rings. The van der Waals surface area contributed by atoms with Gasteiger partial charge in [0, 0.05) is 35.2 Å². The van der Waals surface area contributed by atoms with E-state index in [2.05, 4.69) is 15.3 Å². The molecule has 1 aromatic heterocycles. The van der Waals surface area contributed by atoms with Crippen LogP contribution in [0, 0.1) is 0 Å². The van der Waals surface area contributed by atoms with Crippen molar-refractivity contribution >= 4 is 22.5 Å². The number of benzene rings is 1. The maximum absolute atomic E-state index is 12.2. The van der Waals surface area contributed by atoms with Crippen molar-refractivity contribution in [3.8, 4) is 0 Å². The number of carbonyl (C=O) groups is 1. The van der Waals surface area contributed by atoms with Crippen molar-refractivity contribution in [3.05, 3.63) is 54.0 Å². The van der Waals surface area contributed by atoms with Crippen LogP contribution in [0.2, 0.25) is 0 Å². The predicted molar refractivity (Wildman–Crippen MR) is 82.0 cm³/mol. The molecule has 2 aromatic rings. The van der Waals surface area contributed by atoms with Crippen LogP contribution in [0.25, 0.3) is 0 Å². The number of anilines is 1. The number of carbonyl (C=O) groups excluding carboxylic acids is 1. The summed E-state index contributed by atoms with van der Waals surface area (Å²) in [5.41, 5.74) is 6.59. The Morgan fingerprint density at radius 1 is 1.29 bits per heavy atom. The normalized spacial score (nSPS) is 13.4. The third-order valence-corrected chi connectivity index (χ3v) is 3.65. The average Bonchev–Trinajstić information content (AvgIpc) is 2.47. The Labute approximate surface area is 125 Å². The summed E-state index contributed by atoms with van der Waals surface area (Å²) in [6, 6.07) is 8.99. The Balaban J connectivity index is 2.21. The molecule has 0 saturated heterocycles. The van der Waals surface area contributed by atoms with E-state index in [4.69, 9.17) is 5.73 Å². The molecule has 0 unspecified atom stereocenters. The second-order valence-electron chi connectivity index (χ2n) is 4.47. The molecule has 0 aliphatic carbocycles. The number of amides is 1. The maximum Gasteiger partial charge on any atom is 0.274 e. The van der Waals surface area contributed by atoms with E-state index >= 15 is 0 Å². The fraction of sp³-hybridized carbons (Fsp3) is 0.214. The van der Waals surface area contributed by atoms with Gasteiger partial charge < -0.3 is 11.1 Å². The minimum Gasteiger partial charge on any atom is -0.382 e. The molecule has 0 saturated carbocycles. The first-order valence-corrected chi connectivity index (χ1v) is 8.03. The number of rotatable bonds is 5. The molecule has 1 aromatic carbocycles. The molecule has 0 bridgehead atoms. The van der Waals surface area contributed by atoms with Crippen LogP contribution in [-0.2, 0) is 10.8 Å². The summed E-state index contributed by atoms with van der Waals surface area (Å²) in [7, 11) is -1.06. The zero-order chi connectivity index (χ0) is 15.2. The van der Waals surface area contributed by atoms with Gasteiger partial charge in [-0.2, -0.15) is 0 Å². The van der Waals surface area contributed by atoms with Crippen molar-refractivity contribution < 1.29 is 9.00 Å². The minimum atomic E-state index is -1.06. The van der Waals surface area contributed by atoms with Gasteiger partial charge in [0.05, 0.1) is 6.04 Å². The Kier molecular flexibility index (Phi) is 4.99. The Morgan fingerprint density at radius 3 is 2.57 bits per heavy atom. The highest BCUT2D eigenvalue weighted by atomic mass is 32.2. The van der Waals surface area contributed by atoms with Crippen molar-refractivity contribution in [1.29, 1.82) is 0 Å². The van der Waals surface area contributed by atoms with Gasteiger partial charge in [-0.1, -0.05) is 30.3 Å². The van der Waals surface area contributed by atoms with E-state index in [1.165, 1.54) is 12.4 Å². The van der Waals surface area contributed by atoms with Crippen LogP contribution in [0.3, 0.4) is 0 Å². The van der Waals surface area contributed by atoms with Crippen molar-refractivity contribution in [2.75, 3.05) is 17.7 Å². The molecule has 21 heavy (non-hydrogen) atoms. The SMILES string of the molecule is C[S@](=O)C[C@@H](NC(=O)c1nccnc1N)c1ccccc1. The van der Waals surface area contributed by atoms with Crippen LogP contribution in [0.4, 0.5) is 5.82 Å². The molecular weight excluding hydrogens is 288 g/mol. The number of nitrogens with one attached hydrogen (secondary N) is 1. The highest BCUT2D eigenvalue weighted by Gasteiger charge is 2.19. The first-order valence-electron chi connectivity index (χ1n) is 6.30. The van der Waals surface area contributed by atoms with Gasteiger partial charge >= 0.3 is 0 Å². The van der Waals surface area contributed by atoms with Gasteiger partial charge in [-0.25, -0.2) is 9.97 Å². The van der Waals surface area contributed by atoms with E-state index in [1.54, 1.807) is 6.26 Å². The second-order valence-corrected chi connectivity index (χ2v) is 5.95. The molecule has 0 aliphatic heterocycles. The van der Waals surface area contributed by atoms with Gasteiger partial charge in [0.2, 0.25) is 0 Å². The molecule has 2 atom stereocenters. The summed E-state index contributed by atoms with van der Waals surface area (Å²) in [6.07, 6.45) is 4.42. The van der Waals surface area contributed by atoms with Gasteiger partial charge in [0.15, 0.2) is 11.5 Å². The van der Waals surface area contributed by atoms with Crippen molar-refractivity contribution in [2.24, 2.45) is 0 Å². The monoisotopic (exact) mass is 304 g/mol. The Hall–Kier alpha value is -2.28. The van der Waals surface area contributed by atoms with Crippen molar-refractivity contribution in [1.82, 2.24) is 15.3 Å². The molecule has 1 heterocycles. The smallest absolute Gasteiger partial charge is 0.274 e. The molecule has 7 heteroatoms. The number of hydrogen-bond donors (Lipinski definition) is 2. The van der Waals surface area contributed by atoms with Gasteiger partial charge in [-0.05, 0) is 5.56 Å². The highest BCUT2D eigenvalue weighted by Crippen LogP contribution is 2.15. The predicted octanol–water partition coefficient (Wildman–Crippen LogP) is 0.908. The fourth-order valence-electron chi connectivity index (χ4n) is 1.89. The van der Waals surface area contributed by atoms with E-state index in [-0.39, 0.29) is 17.6 Å². The van der Waals surface area contributed by atoms with Crippen LogP contribution in [0.1, 0.15) is 22.1 Å². The van der Waals surface area contributed by atoms with Crippen LogP contribution in [-0.4, -0.2) is 32.1 Å². The summed E-state index contributed by atoms with van der Waals surface area (Å²) in [6.45, 7) is 0. The minimum absolute atomic E-state index is 0.0689. The summed E-state index contributed by atoms with van der Waals surface area (Å²) in [5.74, 6) is -0.0463. The van der Waals surface area contributed by atoms with Gasteiger partial charge in [0.25, 0.3) is 5.91 Å². The molecule has 1 amide bonds. The summed E-state index contributed by atoms with van der Waals surface area (Å²) >= 11 is 0. The van der Waals surface area contributed by atoms with E-state index in [9.17, 15) is 9.00 Å². The Bertz CT molecular complexity index is 648. The number of nitrogen functional groups attached to an aromatic ring is 1. The summed E-state index contributed by atoms with van der Waals surface area (Å²) < 4.78 is 11.5.